The summed E-state index contributed by atoms with van der Waals surface area (Å²) >= 11 is 7.64. The Morgan fingerprint density at radius 1 is 1.12 bits per heavy atom. The van der Waals surface area contributed by atoms with Crippen molar-refractivity contribution in [3.8, 4) is 11.8 Å². The monoisotopic (exact) mass is 510 g/mol. The molecule has 0 radical (unpaired) electrons. The van der Waals surface area contributed by atoms with Gasteiger partial charge in [-0.05, 0) is 55.2 Å². The van der Waals surface area contributed by atoms with Crippen molar-refractivity contribution in [1.29, 1.82) is 0 Å². The lowest BCUT2D eigenvalue weighted by Crippen LogP contribution is -2.28. The Labute approximate surface area is 209 Å². The summed E-state index contributed by atoms with van der Waals surface area (Å²) in [5, 5.41) is 4.28. The summed E-state index contributed by atoms with van der Waals surface area (Å²) in [7, 11) is -4.12. The predicted molar refractivity (Wildman–Crippen MR) is 141 cm³/mol. The fourth-order valence-corrected chi connectivity index (χ4v) is 5.54. The van der Waals surface area contributed by atoms with E-state index in [1.807, 2.05) is 55.5 Å². The number of nitrogens with zero attached hydrogens (tertiary/aromatic N) is 2. The van der Waals surface area contributed by atoms with Gasteiger partial charge in [0, 0.05) is 21.2 Å². The number of benzene rings is 3. The molecule has 0 saturated heterocycles. The summed E-state index contributed by atoms with van der Waals surface area (Å²) in [4.78, 5) is 0.524. The standard InChI is InChI=1S/C25H23ClN4O2S2/c1-18-8-6-11-21(14-18)17-33-23-16-22(26)19(2)15-24(23)34(31,32)30-25(27)29-28-13-7-12-20-9-4-3-5-10-20/h3-6,8-11,13-16H,17H2,1-2H3,(H3,27,29,30)/b28-13+. The van der Waals surface area contributed by atoms with Gasteiger partial charge in [-0.1, -0.05) is 65.5 Å². The Morgan fingerprint density at radius 2 is 1.88 bits per heavy atom. The molecule has 0 aromatic heterocycles. The Kier molecular flexibility index (Phi) is 8.77. The molecule has 9 heteroatoms. The van der Waals surface area contributed by atoms with Crippen LogP contribution in [0.5, 0.6) is 0 Å². The maximum absolute atomic E-state index is 13.0. The van der Waals surface area contributed by atoms with Gasteiger partial charge in [0.05, 0.1) is 6.21 Å². The van der Waals surface area contributed by atoms with Crippen molar-refractivity contribution in [2.45, 2.75) is 29.4 Å². The zero-order valence-corrected chi connectivity index (χ0v) is 21.0. The first-order valence-electron chi connectivity index (χ1n) is 10.2. The summed E-state index contributed by atoms with van der Waals surface area (Å²) in [6, 6.07) is 20.5. The molecular formula is C25H23ClN4O2S2. The van der Waals surface area contributed by atoms with E-state index in [0.717, 1.165) is 16.7 Å². The van der Waals surface area contributed by atoms with Crippen LogP contribution in [0.4, 0.5) is 0 Å². The van der Waals surface area contributed by atoms with Crippen LogP contribution in [0.1, 0.15) is 22.3 Å². The van der Waals surface area contributed by atoms with Gasteiger partial charge in [-0.3, -0.25) is 0 Å². The highest BCUT2D eigenvalue weighted by Gasteiger charge is 2.21. The van der Waals surface area contributed by atoms with Crippen LogP contribution in [0, 0.1) is 25.7 Å². The average molecular weight is 511 g/mol. The van der Waals surface area contributed by atoms with Gasteiger partial charge in [0.25, 0.3) is 10.0 Å². The minimum Gasteiger partial charge on any atom is -0.368 e. The minimum atomic E-state index is -4.12. The Hall–Kier alpha value is -3.25. The van der Waals surface area contributed by atoms with E-state index in [1.54, 1.807) is 13.0 Å². The van der Waals surface area contributed by atoms with E-state index < -0.39 is 10.0 Å². The van der Waals surface area contributed by atoms with Gasteiger partial charge in [-0.2, -0.15) is 13.5 Å². The lowest BCUT2D eigenvalue weighted by atomic mass is 10.2. The van der Waals surface area contributed by atoms with Crippen LogP contribution in [0.15, 0.2) is 86.0 Å². The van der Waals surface area contributed by atoms with Gasteiger partial charge in [0.15, 0.2) is 0 Å². The summed E-state index contributed by atoms with van der Waals surface area (Å²) in [6.45, 7) is 3.74. The van der Waals surface area contributed by atoms with Crippen LogP contribution in [0.2, 0.25) is 5.02 Å². The molecule has 3 N–H and O–H groups in total. The number of guanidine groups is 1. The highest BCUT2D eigenvalue weighted by Crippen LogP contribution is 2.34. The molecule has 0 atom stereocenters. The van der Waals surface area contributed by atoms with Crippen LogP contribution in [0.3, 0.4) is 0 Å². The number of aryl methyl sites for hydroxylation is 2. The maximum atomic E-state index is 13.0. The fourth-order valence-electron chi connectivity index (χ4n) is 2.88. The highest BCUT2D eigenvalue weighted by molar-refractivity contribution is 7.99. The number of nitrogens with two attached hydrogens (primary N) is 1. The van der Waals surface area contributed by atoms with E-state index in [9.17, 15) is 8.42 Å². The molecule has 0 bridgehead atoms. The maximum Gasteiger partial charge on any atom is 0.286 e. The normalized spacial score (nSPS) is 11.8. The van der Waals surface area contributed by atoms with Gasteiger partial charge in [-0.15, -0.1) is 16.2 Å². The summed E-state index contributed by atoms with van der Waals surface area (Å²) < 4.78 is 29.7. The molecule has 0 aliphatic rings. The Balaban J connectivity index is 1.77. The number of sulfonamides is 1. The molecule has 0 fully saturated rings. The number of hydrogen-bond donors (Lipinski definition) is 2. The van der Waals surface area contributed by atoms with Crippen LogP contribution in [-0.2, 0) is 15.8 Å². The second-order valence-electron chi connectivity index (χ2n) is 7.28. The first kappa shape index (κ1) is 25.4. The number of nitrogens with one attached hydrogen (secondary N) is 1. The molecule has 0 heterocycles. The number of halogens is 1. The van der Waals surface area contributed by atoms with E-state index >= 15 is 0 Å². The number of hydrogen-bond acceptors (Lipinski definition) is 4. The molecule has 3 aromatic rings. The van der Waals surface area contributed by atoms with Crippen molar-refractivity contribution < 1.29 is 8.42 Å². The molecule has 0 unspecified atom stereocenters. The molecule has 174 valence electrons. The molecule has 34 heavy (non-hydrogen) atoms. The van der Waals surface area contributed by atoms with Gasteiger partial charge in [-0.25, -0.2) is 5.43 Å². The van der Waals surface area contributed by atoms with Gasteiger partial charge >= 0.3 is 0 Å². The van der Waals surface area contributed by atoms with Crippen molar-refractivity contribution in [2.75, 3.05) is 0 Å². The smallest absolute Gasteiger partial charge is 0.286 e. The zero-order chi connectivity index (χ0) is 24.6. The molecule has 0 amide bonds. The topological polar surface area (TPSA) is 96.9 Å². The third-order valence-corrected chi connectivity index (χ3v) is 7.49. The first-order chi connectivity index (χ1) is 16.2. The average Bonchev–Trinajstić information content (AvgIpc) is 2.79. The second kappa shape index (κ2) is 11.7. The highest BCUT2D eigenvalue weighted by atomic mass is 35.5. The second-order valence-corrected chi connectivity index (χ2v) is 10.3. The molecular weight excluding hydrogens is 488 g/mol. The van der Waals surface area contributed by atoms with E-state index in [1.165, 1.54) is 24.0 Å². The molecule has 0 spiro atoms. The van der Waals surface area contributed by atoms with Crippen molar-refractivity contribution in [2.24, 2.45) is 15.2 Å². The third-order valence-electron chi connectivity index (χ3n) is 4.50. The predicted octanol–water partition coefficient (Wildman–Crippen LogP) is 4.88. The van der Waals surface area contributed by atoms with Crippen molar-refractivity contribution in [1.82, 2.24) is 5.43 Å². The van der Waals surface area contributed by atoms with E-state index in [4.69, 9.17) is 17.3 Å². The Morgan fingerprint density at radius 3 is 2.62 bits per heavy atom. The van der Waals surface area contributed by atoms with Crippen LogP contribution in [0.25, 0.3) is 0 Å². The lowest BCUT2D eigenvalue weighted by Gasteiger charge is -2.11. The first-order valence-corrected chi connectivity index (χ1v) is 13.0. The van der Waals surface area contributed by atoms with Crippen molar-refractivity contribution in [3.63, 3.8) is 0 Å². The summed E-state index contributed by atoms with van der Waals surface area (Å²) in [5.41, 5.74) is 11.8. The third kappa shape index (κ3) is 7.39. The molecule has 0 saturated carbocycles. The quantitative estimate of drug-likeness (QED) is 0.162. The molecule has 6 nitrogen and oxygen atoms in total. The largest absolute Gasteiger partial charge is 0.368 e. The summed E-state index contributed by atoms with van der Waals surface area (Å²) in [6.07, 6.45) is 1.28. The SMILES string of the molecule is Cc1cccc(CSc2cc(Cl)c(C)cc2S(=O)(=O)/N=C(\N)N/N=C/C#Cc2ccccc2)c1. The van der Waals surface area contributed by atoms with Gasteiger partial charge in [0.2, 0.25) is 5.96 Å². The summed E-state index contributed by atoms with van der Waals surface area (Å²) in [5.74, 6) is 5.82. The van der Waals surface area contributed by atoms with Gasteiger partial charge < -0.3 is 5.73 Å². The molecule has 3 aromatic carbocycles. The lowest BCUT2D eigenvalue weighted by molar-refractivity contribution is 0.595. The van der Waals surface area contributed by atoms with Crippen molar-refractivity contribution >= 4 is 45.6 Å². The number of rotatable bonds is 6. The van der Waals surface area contributed by atoms with Crippen LogP contribution < -0.4 is 11.2 Å². The number of hydrazone groups is 1. The van der Waals surface area contributed by atoms with E-state index in [-0.39, 0.29) is 10.9 Å². The molecule has 0 aliphatic heterocycles. The van der Waals surface area contributed by atoms with E-state index in [0.29, 0.717) is 21.2 Å². The van der Waals surface area contributed by atoms with E-state index in [2.05, 4.69) is 32.8 Å². The number of thioether (sulfide) groups is 1. The fraction of sp³-hybridized carbons (Fsp3) is 0.120. The van der Waals surface area contributed by atoms with Crippen LogP contribution in [-0.4, -0.2) is 20.6 Å². The van der Waals surface area contributed by atoms with Crippen LogP contribution >= 0.6 is 23.4 Å². The molecule has 3 rings (SSSR count). The molecule has 0 aliphatic carbocycles. The minimum absolute atomic E-state index is 0.0321. The van der Waals surface area contributed by atoms with Gasteiger partial charge in [0.1, 0.15) is 4.90 Å². The zero-order valence-electron chi connectivity index (χ0n) is 18.6. The van der Waals surface area contributed by atoms with Crippen molar-refractivity contribution in [3.05, 3.63) is 94.0 Å². The Bertz CT molecular complexity index is 1390.